The highest BCUT2D eigenvalue weighted by molar-refractivity contribution is 7.99. The molecule has 1 aliphatic heterocycles. The number of aromatic hydroxyl groups is 2. The minimum Gasteiger partial charge on any atom is -0.504 e. The third-order valence-corrected chi connectivity index (χ3v) is 12.1. The topological polar surface area (TPSA) is 136 Å². The van der Waals surface area contributed by atoms with Crippen molar-refractivity contribution in [2.75, 3.05) is 18.1 Å². The fourth-order valence-corrected chi connectivity index (χ4v) is 8.91. The van der Waals surface area contributed by atoms with Crippen LogP contribution in [-0.2, 0) is 25.5 Å². The number of hydrogen-bond acceptors (Lipinski definition) is 8. The first-order valence-electron chi connectivity index (χ1n) is 15.5. The molecule has 3 saturated carbocycles. The van der Waals surface area contributed by atoms with Gasteiger partial charge >= 0.3 is 5.97 Å². The molecular formula is C32H46N2O7S. The highest BCUT2D eigenvalue weighted by atomic mass is 32.2. The number of thioether (sulfide) groups is 1. The number of hydrogen-bond donors (Lipinski definition) is 4. The molecule has 42 heavy (non-hydrogen) atoms. The fourth-order valence-electron chi connectivity index (χ4n) is 7.88. The molecule has 1 saturated heterocycles. The zero-order valence-corrected chi connectivity index (χ0v) is 25.8. The van der Waals surface area contributed by atoms with E-state index in [4.69, 9.17) is 4.74 Å². The summed E-state index contributed by atoms with van der Waals surface area (Å²) in [6.07, 6.45) is 5.91. The molecule has 0 aromatic heterocycles. The lowest BCUT2D eigenvalue weighted by atomic mass is 9.70. The number of esters is 1. The molecule has 6 atom stereocenters. The number of aliphatic hydroxyl groups excluding tert-OH is 1. The molecule has 2 amide bonds. The van der Waals surface area contributed by atoms with Crippen LogP contribution in [0.15, 0.2) is 18.2 Å². The number of nitrogens with one attached hydrogen (secondary N) is 1. The largest absolute Gasteiger partial charge is 0.504 e. The second-order valence-electron chi connectivity index (χ2n) is 13.6. The van der Waals surface area contributed by atoms with E-state index in [2.05, 4.69) is 26.1 Å². The number of fused-ring (bicyclic) bond motifs is 2. The van der Waals surface area contributed by atoms with E-state index in [1.165, 1.54) is 18.2 Å². The lowest BCUT2D eigenvalue weighted by Gasteiger charge is -2.41. The number of carbonyl (C=O) groups excluding carboxylic acids is 3. The van der Waals surface area contributed by atoms with E-state index < -0.39 is 24.1 Å². The molecule has 1 heterocycles. The highest BCUT2D eigenvalue weighted by Crippen LogP contribution is 2.66. The van der Waals surface area contributed by atoms with Crippen LogP contribution in [0.3, 0.4) is 0 Å². The van der Waals surface area contributed by atoms with E-state index >= 15 is 0 Å². The second kappa shape index (κ2) is 12.3. The number of benzene rings is 1. The predicted octanol–water partition coefficient (Wildman–Crippen LogP) is 3.77. The van der Waals surface area contributed by atoms with Crippen molar-refractivity contribution in [1.82, 2.24) is 10.2 Å². The average molecular weight is 603 g/mol. The summed E-state index contributed by atoms with van der Waals surface area (Å²) in [5, 5.41) is 32.9. The van der Waals surface area contributed by atoms with Crippen LogP contribution in [0.5, 0.6) is 11.5 Å². The molecule has 2 bridgehead atoms. The van der Waals surface area contributed by atoms with Crippen LogP contribution >= 0.6 is 11.8 Å². The fraction of sp³-hybridized carbons (Fsp3) is 0.719. The Morgan fingerprint density at radius 2 is 1.83 bits per heavy atom. The zero-order valence-electron chi connectivity index (χ0n) is 25.0. The van der Waals surface area contributed by atoms with E-state index in [1.807, 2.05) is 0 Å². The van der Waals surface area contributed by atoms with Crippen molar-refractivity contribution in [2.45, 2.75) is 103 Å². The molecule has 0 radical (unpaired) electrons. The standard InChI is InChI=1S/C32H46N2O7S/c1-31(2)21-11-12-32(31,3)26(17-21)41-30(40)22-18-42-14-13-34(22)29(39)27(20-7-5-4-6-8-20)33-28(38)25(37)16-19-9-10-23(35)24(36)15-19/h9-10,15,20-22,25-27,35-37H,4-8,11-14,16-18H2,1-3H3,(H,33,38). The quantitative estimate of drug-likeness (QED) is 0.261. The van der Waals surface area contributed by atoms with Gasteiger partial charge in [0.05, 0.1) is 0 Å². The third kappa shape index (κ3) is 5.85. The molecule has 4 aliphatic rings. The smallest absolute Gasteiger partial charge is 0.330 e. The number of phenolic OH excluding ortho intramolecular Hbond substituents is 2. The average Bonchev–Trinajstić information content (AvgIpc) is 3.31. The first-order chi connectivity index (χ1) is 19.9. The van der Waals surface area contributed by atoms with E-state index in [9.17, 15) is 29.7 Å². The first kappa shape index (κ1) is 31.0. The van der Waals surface area contributed by atoms with Crippen molar-refractivity contribution in [2.24, 2.45) is 22.7 Å². The summed E-state index contributed by atoms with van der Waals surface area (Å²) in [6, 6.07) is 2.56. The highest BCUT2D eigenvalue weighted by Gasteiger charge is 2.63. The Bertz CT molecular complexity index is 1190. The maximum atomic E-state index is 14.2. The molecule has 0 spiro atoms. The van der Waals surface area contributed by atoms with Crippen LogP contribution in [-0.4, -0.2) is 80.3 Å². The molecule has 5 rings (SSSR count). The van der Waals surface area contributed by atoms with Crippen molar-refractivity contribution >= 4 is 29.5 Å². The number of aliphatic hydroxyl groups is 1. The van der Waals surface area contributed by atoms with Gasteiger partial charge in [0.15, 0.2) is 11.5 Å². The van der Waals surface area contributed by atoms with Gasteiger partial charge in [0, 0.05) is 29.9 Å². The number of ether oxygens (including phenoxy) is 1. The van der Waals surface area contributed by atoms with Crippen LogP contribution in [0, 0.1) is 22.7 Å². The monoisotopic (exact) mass is 602 g/mol. The molecule has 1 aromatic carbocycles. The Hall–Kier alpha value is -2.46. The lowest BCUT2D eigenvalue weighted by molar-refractivity contribution is -0.166. The van der Waals surface area contributed by atoms with Gasteiger partial charge in [-0.3, -0.25) is 9.59 Å². The Labute approximate surface area is 252 Å². The molecular weight excluding hydrogens is 556 g/mol. The first-order valence-corrected chi connectivity index (χ1v) is 16.7. The van der Waals surface area contributed by atoms with E-state index in [0.717, 1.165) is 51.4 Å². The van der Waals surface area contributed by atoms with E-state index in [1.54, 1.807) is 16.7 Å². The predicted molar refractivity (Wildman–Crippen MR) is 160 cm³/mol. The summed E-state index contributed by atoms with van der Waals surface area (Å²) in [6.45, 7) is 7.19. The Kier molecular flexibility index (Phi) is 9.05. The summed E-state index contributed by atoms with van der Waals surface area (Å²) < 4.78 is 6.22. The molecule has 6 unspecified atom stereocenters. The van der Waals surface area contributed by atoms with Crippen LogP contribution in [0.2, 0.25) is 0 Å². The van der Waals surface area contributed by atoms with Crippen molar-refractivity contribution < 1.29 is 34.4 Å². The summed E-state index contributed by atoms with van der Waals surface area (Å²) >= 11 is 1.63. The van der Waals surface area contributed by atoms with Gasteiger partial charge in [0.25, 0.3) is 0 Å². The number of rotatable bonds is 8. The molecule has 1 aromatic rings. The summed E-state index contributed by atoms with van der Waals surface area (Å²) in [5.41, 5.74) is 0.500. The lowest BCUT2D eigenvalue weighted by Crippen LogP contribution is -2.60. The van der Waals surface area contributed by atoms with Gasteiger partial charge < -0.3 is 30.3 Å². The molecule has 10 heteroatoms. The maximum absolute atomic E-state index is 14.2. The third-order valence-electron chi connectivity index (χ3n) is 11.1. The zero-order chi connectivity index (χ0) is 30.2. The van der Waals surface area contributed by atoms with Crippen LogP contribution in [0.25, 0.3) is 0 Å². The van der Waals surface area contributed by atoms with E-state index in [0.29, 0.717) is 29.5 Å². The van der Waals surface area contributed by atoms with Crippen molar-refractivity contribution in [1.29, 1.82) is 0 Å². The van der Waals surface area contributed by atoms with Gasteiger partial charge in [-0.15, -0.1) is 0 Å². The molecule has 4 fully saturated rings. The van der Waals surface area contributed by atoms with Crippen LogP contribution < -0.4 is 5.32 Å². The van der Waals surface area contributed by atoms with Crippen LogP contribution in [0.4, 0.5) is 0 Å². The van der Waals surface area contributed by atoms with E-state index in [-0.39, 0.29) is 52.6 Å². The summed E-state index contributed by atoms with van der Waals surface area (Å²) in [7, 11) is 0. The minimum absolute atomic E-state index is 0.0764. The Morgan fingerprint density at radius 3 is 2.48 bits per heavy atom. The Morgan fingerprint density at radius 1 is 1.10 bits per heavy atom. The number of nitrogens with zero attached hydrogens (tertiary/aromatic N) is 1. The summed E-state index contributed by atoms with van der Waals surface area (Å²) in [4.78, 5) is 42.7. The van der Waals surface area contributed by atoms with Gasteiger partial charge in [-0.25, -0.2) is 4.79 Å². The molecule has 232 valence electrons. The normalized spacial score (nSPS) is 30.5. The molecule has 4 N–H and O–H groups in total. The van der Waals surface area contributed by atoms with Crippen LogP contribution in [0.1, 0.15) is 77.7 Å². The van der Waals surface area contributed by atoms with Crippen molar-refractivity contribution in [3.05, 3.63) is 23.8 Å². The SMILES string of the molecule is CC1(C)C2CCC1(C)C(OC(=O)C1CSCCN1C(=O)C(NC(=O)C(O)Cc1ccc(O)c(O)c1)C1CCCCC1)C2. The number of carbonyl (C=O) groups is 3. The van der Waals surface area contributed by atoms with Gasteiger partial charge in [0.2, 0.25) is 11.8 Å². The van der Waals surface area contributed by atoms with Gasteiger partial charge in [-0.2, -0.15) is 11.8 Å². The minimum atomic E-state index is -1.45. The van der Waals surface area contributed by atoms with Crippen molar-refractivity contribution in [3.63, 3.8) is 0 Å². The number of amides is 2. The van der Waals surface area contributed by atoms with Gasteiger partial charge in [-0.1, -0.05) is 46.1 Å². The Balaban J connectivity index is 1.30. The second-order valence-corrected chi connectivity index (χ2v) is 14.7. The number of phenols is 2. The molecule has 9 nitrogen and oxygen atoms in total. The maximum Gasteiger partial charge on any atom is 0.330 e. The van der Waals surface area contributed by atoms with Crippen molar-refractivity contribution in [3.8, 4) is 11.5 Å². The van der Waals surface area contributed by atoms with Gasteiger partial charge in [0.1, 0.15) is 24.3 Å². The van der Waals surface area contributed by atoms with Gasteiger partial charge in [-0.05, 0) is 67.1 Å². The summed E-state index contributed by atoms with van der Waals surface area (Å²) in [5.74, 6) is -0.334. The molecule has 3 aliphatic carbocycles.